The van der Waals surface area contributed by atoms with Crippen molar-refractivity contribution in [2.75, 3.05) is 6.61 Å². The summed E-state index contributed by atoms with van der Waals surface area (Å²) in [5.74, 6) is 2.38. The Balaban J connectivity index is 2.37. The van der Waals surface area contributed by atoms with Crippen molar-refractivity contribution in [2.45, 2.75) is 44.1 Å². The van der Waals surface area contributed by atoms with E-state index in [1.165, 1.54) is 0 Å². The third kappa shape index (κ3) is 4.22. The summed E-state index contributed by atoms with van der Waals surface area (Å²) in [4.78, 5) is 0. The number of aliphatic hydroxyl groups excluding tert-OH is 1. The first-order valence-corrected chi connectivity index (χ1v) is 6.23. The van der Waals surface area contributed by atoms with Crippen LogP contribution < -0.4 is 0 Å². The van der Waals surface area contributed by atoms with Gasteiger partial charge in [-0.1, -0.05) is 20.8 Å². The molecule has 15 heavy (non-hydrogen) atoms. The second-order valence-electron chi connectivity index (χ2n) is 3.82. The van der Waals surface area contributed by atoms with E-state index in [1.54, 1.807) is 11.8 Å². The number of rotatable bonds is 6. The molecule has 1 rings (SSSR count). The first kappa shape index (κ1) is 12.5. The molecule has 0 aromatic carbocycles. The van der Waals surface area contributed by atoms with E-state index in [0.29, 0.717) is 17.0 Å². The molecule has 0 radical (unpaired) electrons. The normalized spacial score (nSPS) is 13.4. The molecule has 86 valence electrons. The minimum atomic E-state index is 0.231. The summed E-state index contributed by atoms with van der Waals surface area (Å²) in [6, 6.07) is 0. The molecule has 0 bridgehead atoms. The van der Waals surface area contributed by atoms with E-state index >= 15 is 0 Å². The number of hydrogen-bond acceptors (Lipinski definition) is 5. The van der Waals surface area contributed by atoms with E-state index in [9.17, 15) is 0 Å². The number of nitrogens with zero attached hydrogens (tertiary/aromatic N) is 2. The summed E-state index contributed by atoms with van der Waals surface area (Å²) >= 11 is 1.72. The topological polar surface area (TPSA) is 59.2 Å². The number of hydrogen-bond donors (Lipinski definition) is 1. The van der Waals surface area contributed by atoms with Gasteiger partial charge in [0.05, 0.1) is 5.75 Å². The Morgan fingerprint density at radius 3 is 2.60 bits per heavy atom. The van der Waals surface area contributed by atoms with Crippen LogP contribution in [0.5, 0.6) is 0 Å². The summed E-state index contributed by atoms with van der Waals surface area (Å²) in [6.07, 6.45) is 0.801. The van der Waals surface area contributed by atoms with Gasteiger partial charge >= 0.3 is 0 Å². The van der Waals surface area contributed by atoms with Crippen LogP contribution in [0.3, 0.4) is 0 Å². The highest BCUT2D eigenvalue weighted by Crippen LogP contribution is 2.20. The minimum absolute atomic E-state index is 0.231. The van der Waals surface area contributed by atoms with Gasteiger partial charge in [-0.05, 0) is 6.42 Å². The van der Waals surface area contributed by atoms with Gasteiger partial charge in [0.2, 0.25) is 11.8 Å². The van der Waals surface area contributed by atoms with Crippen molar-refractivity contribution in [3.8, 4) is 0 Å². The fourth-order valence-corrected chi connectivity index (χ4v) is 1.85. The van der Waals surface area contributed by atoms with Gasteiger partial charge < -0.3 is 9.52 Å². The first-order valence-electron chi connectivity index (χ1n) is 5.18. The average Bonchev–Trinajstić information content (AvgIpc) is 2.63. The molecular weight excluding hydrogens is 212 g/mol. The molecule has 1 heterocycles. The van der Waals surface area contributed by atoms with Gasteiger partial charge in [0.1, 0.15) is 0 Å². The standard InChI is InChI=1S/C10H18N2O2S/c1-7(2)10-12-11-9(14-10)6-15-8(3)4-5-13/h7-8,13H,4-6H2,1-3H3/t8-/m1/s1. The smallest absolute Gasteiger partial charge is 0.226 e. The molecule has 5 heteroatoms. The van der Waals surface area contributed by atoms with Crippen LogP contribution in [0, 0.1) is 0 Å². The highest BCUT2D eigenvalue weighted by molar-refractivity contribution is 7.99. The van der Waals surface area contributed by atoms with Gasteiger partial charge in [0.25, 0.3) is 0 Å². The van der Waals surface area contributed by atoms with E-state index in [1.807, 2.05) is 13.8 Å². The molecule has 0 saturated carbocycles. The van der Waals surface area contributed by atoms with Crippen LogP contribution in [0.1, 0.15) is 44.9 Å². The maximum atomic E-state index is 8.75. The predicted molar refractivity (Wildman–Crippen MR) is 60.8 cm³/mol. The Morgan fingerprint density at radius 2 is 2.07 bits per heavy atom. The zero-order chi connectivity index (χ0) is 11.3. The predicted octanol–water partition coefficient (Wildman–Crippen LogP) is 2.20. The molecule has 0 aliphatic rings. The Bertz CT molecular complexity index is 289. The third-order valence-corrected chi connectivity index (χ3v) is 3.22. The monoisotopic (exact) mass is 230 g/mol. The number of aliphatic hydroxyl groups is 1. The highest BCUT2D eigenvalue weighted by atomic mass is 32.2. The zero-order valence-corrected chi connectivity index (χ0v) is 10.3. The third-order valence-electron chi connectivity index (χ3n) is 2.00. The van der Waals surface area contributed by atoms with Gasteiger partial charge in [-0.2, -0.15) is 0 Å². The largest absolute Gasteiger partial charge is 0.424 e. The molecular formula is C10H18N2O2S. The molecule has 1 atom stereocenters. The summed E-state index contributed by atoms with van der Waals surface area (Å²) in [6.45, 7) is 6.37. The maximum absolute atomic E-state index is 8.75. The second-order valence-corrected chi connectivity index (χ2v) is 5.25. The van der Waals surface area contributed by atoms with Crippen LogP contribution in [0.15, 0.2) is 4.42 Å². The van der Waals surface area contributed by atoms with E-state index in [2.05, 4.69) is 17.1 Å². The summed E-state index contributed by atoms with van der Waals surface area (Å²) < 4.78 is 5.47. The van der Waals surface area contributed by atoms with Crippen LogP contribution >= 0.6 is 11.8 Å². The fraction of sp³-hybridized carbons (Fsp3) is 0.800. The SMILES string of the molecule is CC(C)c1nnc(CS[C@H](C)CCO)o1. The molecule has 0 amide bonds. The molecule has 0 aliphatic heterocycles. The lowest BCUT2D eigenvalue weighted by molar-refractivity contribution is 0.289. The highest BCUT2D eigenvalue weighted by Gasteiger charge is 2.10. The molecule has 0 aliphatic carbocycles. The van der Waals surface area contributed by atoms with E-state index < -0.39 is 0 Å². The van der Waals surface area contributed by atoms with E-state index in [0.717, 1.165) is 12.2 Å². The van der Waals surface area contributed by atoms with Crippen molar-refractivity contribution >= 4 is 11.8 Å². The molecule has 0 spiro atoms. The molecule has 1 N–H and O–H groups in total. The lowest BCUT2D eigenvalue weighted by atomic mass is 10.2. The Morgan fingerprint density at radius 1 is 1.33 bits per heavy atom. The van der Waals surface area contributed by atoms with Gasteiger partial charge in [0.15, 0.2) is 0 Å². The molecule has 1 aromatic rings. The first-order chi connectivity index (χ1) is 7.13. The summed E-state index contributed by atoms with van der Waals surface area (Å²) in [7, 11) is 0. The fourth-order valence-electron chi connectivity index (χ4n) is 1.04. The quantitative estimate of drug-likeness (QED) is 0.811. The van der Waals surface area contributed by atoms with Gasteiger partial charge in [0, 0.05) is 17.8 Å². The molecule has 0 saturated heterocycles. The van der Waals surface area contributed by atoms with Crippen LogP contribution in [-0.4, -0.2) is 27.2 Å². The summed E-state index contributed by atoms with van der Waals surface area (Å²) in [5, 5.41) is 17.1. The van der Waals surface area contributed by atoms with Crippen LogP contribution in [0.4, 0.5) is 0 Å². The molecule has 4 nitrogen and oxygen atoms in total. The Kier molecular flexibility index (Phi) is 5.11. The molecule has 0 fully saturated rings. The zero-order valence-electron chi connectivity index (χ0n) is 9.43. The van der Waals surface area contributed by atoms with E-state index in [4.69, 9.17) is 9.52 Å². The van der Waals surface area contributed by atoms with Crippen molar-refractivity contribution in [1.29, 1.82) is 0 Å². The van der Waals surface area contributed by atoms with Crippen LogP contribution in [0.25, 0.3) is 0 Å². The van der Waals surface area contributed by atoms with Gasteiger partial charge in [-0.25, -0.2) is 0 Å². The lowest BCUT2D eigenvalue weighted by Crippen LogP contribution is -1.99. The minimum Gasteiger partial charge on any atom is -0.424 e. The average molecular weight is 230 g/mol. The second kappa shape index (κ2) is 6.12. The number of thioether (sulfide) groups is 1. The molecule has 1 aromatic heterocycles. The van der Waals surface area contributed by atoms with Crippen molar-refractivity contribution in [2.24, 2.45) is 0 Å². The summed E-state index contributed by atoms with van der Waals surface area (Å²) in [5.41, 5.74) is 0. The van der Waals surface area contributed by atoms with E-state index in [-0.39, 0.29) is 12.5 Å². The molecule has 0 unspecified atom stereocenters. The van der Waals surface area contributed by atoms with Crippen molar-refractivity contribution in [3.05, 3.63) is 11.8 Å². The van der Waals surface area contributed by atoms with Crippen LogP contribution in [0.2, 0.25) is 0 Å². The lowest BCUT2D eigenvalue weighted by Gasteiger charge is -2.06. The van der Waals surface area contributed by atoms with Crippen molar-refractivity contribution < 1.29 is 9.52 Å². The Hall–Kier alpha value is -0.550. The van der Waals surface area contributed by atoms with Crippen molar-refractivity contribution in [3.63, 3.8) is 0 Å². The number of aromatic nitrogens is 2. The van der Waals surface area contributed by atoms with Gasteiger partial charge in [-0.15, -0.1) is 22.0 Å². The van der Waals surface area contributed by atoms with Gasteiger partial charge in [-0.3, -0.25) is 0 Å². The maximum Gasteiger partial charge on any atom is 0.226 e. The van der Waals surface area contributed by atoms with Crippen LogP contribution in [-0.2, 0) is 5.75 Å². The Labute approximate surface area is 94.5 Å². The van der Waals surface area contributed by atoms with Crippen molar-refractivity contribution in [1.82, 2.24) is 10.2 Å².